The number of rotatable bonds is 8. The van der Waals surface area contributed by atoms with Gasteiger partial charge in [-0.3, -0.25) is 4.79 Å². The number of hydrogen-bond donors (Lipinski definition) is 1. The fourth-order valence-electron chi connectivity index (χ4n) is 8.79. The Kier molecular flexibility index (Phi) is 9.53. The maximum Gasteiger partial charge on any atom is 0.258 e. The van der Waals surface area contributed by atoms with E-state index in [1.807, 2.05) is 41.3 Å². The van der Waals surface area contributed by atoms with Gasteiger partial charge >= 0.3 is 0 Å². The highest BCUT2D eigenvalue weighted by atomic mass is 28.4. The maximum absolute atomic E-state index is 13.9. The number of allylic oxidation sites excluding steroid dienone is 1. The molecule has 0 unspecified atom stereocenters. The topological polar surface area (TPSA) is 60.0 Å². The predicted molar refractivity (Wildman–Crippen MR) is 206 cm³/mol. The van der Waals surface area contributed by atoms with E-state index in [2.05, 4.69) is 91.9 Å². The number of nitrogens with one attached hydrogen (secondary N) is 1. The van der Waals surface area contributed by atoms with Crippen molar-refractivity contribution in [1.82, 2.24) is 4.90 Å². The SMILES string of the molecule is COc1c(O[Si](C(C)C)(C(C)C)C(C)C)ccc2c1-c1ccc3c(c1/C(=C/c1ccccc1C(=O)N1CCCCC1)O2)C(C)=CC(C)(C)N3. The molecule has 3 aliphatic heterocycles. The number of carbonyl (C=O) groups is 1. The highest BCUT2D eigenvalue weighted by Crippen LogP contribution is 2.56. The number of methoxy groups -OCH3 is 1. The van der Waals surface area contributed by atoms with Gasteiger partial charge in [0.2, 0.25) is 0 Å². The molecule has 0 saturated carbocycles. The molecule has 0 bridgehead atoms. The van der Waals surface area contributed by atoms with Crippen molar-refractivity contribution in [3.63, 3.8) is 0 Å². The zero-order valence-electron chi connectivity index (χ0n) is 31.1. The van der Waals surface area contributed by atoms with Gasteiger partial charge in [0.05, 0.1) is 18.2 Å². The summed E-state index contributed by atoms with van der Waals surface area (Å²) >= 11 is 0. The number of carbonyl (C=O) groups excluding carboxylic acids is 1. The summed E-state index contributed by atoms with van der Waals surface area (Å²) in [5.41, 5.74) is 8.79. The summed E-state index contributed by atoms with van der Waals surface area (Å²) in [6.45, 7) is 22.0. The Balaban J connectivity index is 1.57. The van der Waals surface area contributed by atoms with Gasteiger partial charge in [0.15, 0.2) is 5.75 Å². The quantitative estimate of drug-likeness (QED) is 0.240. The minimum atomic E-state index is -2.29. The number of amides is 1. The number of nitrogens with zero attached hydrogens (tertiary/aromatic N) is 1. The first-order chi connectivity index (χ1) is 23.3. The van der Waals surface area contributed by atoms with Crippen molar-refractivity contribution >= 4 is 37.3 Å². The molecule has 3 heterocycles. The summed E-state index contributed by atoms with van der Waals surface area (Å²) in [6, 6.07) is 16.3. The molecule has 0 spiro atoms. The van der Waals surface area contributed by atoms with Crippen LogP contribution < -0.4 is 19.2 Å². The van der Waals surface area contributed by atoms with Gasteiger partial charge in [-0.05, 0) is 98.1 Å². The third kappa shape index (κ3) is 6.20. The fourth-order valence-corrected chi connectivity index (χ4v) is 14.0. The van der Waals surface area contributed by atoms with Crippen LogP contribution in [0.2, 0.25) is 16.6 Å². The Bertz CT molecular complexity index is 1790. The molecule has 3 aliphatic rings. The van der Waals surface area contributed by atoms with Crippen molar-refractivity contribution in [3.05, 3.63) is 76.9 Å². The van der Waals surface area contributed by atoms with Crippen LogP contribution in [0.3, 0.4) is 0 Å². The van der Waals surface area contributed by atoms with Crippen molar-refractivity contribution < 1.29 is 18.7 Å². The minimum Gasteiger partial charge on any atom is -0.540 e. The first-order valence-electron chi connectivity index (χ1n) is 18.1. The maximum atomic E-state index is 13.9. The molecule has 0 aliphatic carbocycles. The normalized spacial score (nSPS) is 17.6. The van der Waals surface area contributed by atoms with Gasteiger partial charge < -0.3 is 24.1 Å². The summed E-state index contributed by atoms with van der Waals surface area (Å²) in [5, 5.41) is 3.74. The summed E-state index contributed by atoms with van der Waals surface area (Å²) in [6.07, 6.45) is 7.60. The summed E-state index contributed by atoms with van der Waals surface area (Å²) < 4.78 is 20.5. The van der Waals surface area contributed by atoms with E-state index in [0.717, 1.165) is 65.2 Å². The van der Waals surface area contributed by atoms with E-state index >= 15 is 0 Å². The Labute approximate surface area is 294 Å². The van der Waals surface area contributed by atoms with E-state index < -0.39 is 8.32 Å². The second-order valence-electron chi connectivity index (χ2n) is 15.5. The molecular weight excluding hydrogens is 625 g/mol. The predicted octanol–water partition coefficient (Wildman–Crippen LogP) is 11.0. The highest BCUT2D eigenvalue weighted by molar-refractivity contribution is 6.78. The van der Waals surface area contributed by atoms with Crippen LogP contribution in [-0.2, 0) is 0 Å². The molecule has 1 fully saturated rings. The summed E-state index contributed by atoms with van der Waals surface area (Å²) in [7, 11) is -0.558. The third-order valence-electron chi connectivity index (χ3n) is 10.8. The van der Waals surface area contributed by atoms with Crippen LogP contribution >= 0.6 is 0 Å². The number of ether oxygens (including phenoxy) is 2. The molecule has 6 nitrogen and oxygen atoms in total. The Hall–Kier alpha value is -3.97. The van der Waals surface area contributed by atoms with Gasteiger partial charge in [-0.15, -0.1) is 0 Å². The van der Waals surface area contributed by atoms with E-state index in [-0.39, 0.29) is 11.4 Å². The largest absolute Gasteiger partial charge is 0.540 e. The van der Waals surface area contributed by atoms with E-state index in [0.29, 0.717) is 39.4 Å². The van der Waals surface area contributed by atoms with Gasteiger partial charge in [-0.1, -0.05) is 71.9 Å². The number of fused-ring (bicyclic) bond motifs is 5. The Morgan fingerprint density at radius 1 is 0.898 bits per heavy atom. The fraction of sp³-hybridized carbons (Fsp3) is 0.452. The molecule has 6 rings (SSSR count). The monoisotopic (exact) mass is 678 g/mol. The van der Waals surface area contributed by atoms with E-state index in [4.69, 9.17) is 13.9 Å². The minimum absolute atomic E-state index is 0.0785. The average molecular weight is 679 g/mol. The standard InChI is InChI=1S/C42H54N2O4Si/c1-26(2)49(27(3)4,28(5)6)48-35-21-20-34-39(40(35)46-10)32-18-19-33-37(29(7)25-42(8,9)43-33)38(32)36(47-34)24-30-16-12-13-17-31(30)41(45)44-22-14-11-15-23-44/h12-13,16-21,24-28,43H,11,14-15,22-23H2,1-10H3/b36-24-. The van der Waals surface area contributed by atoms with Crippen molar-refractivity contribution in [1.29, 1.82) is 0 Å². The number of likely N-dealkylation sites (tertiary alicyclic amines) is 1. The molecule has 3 aromatic carbocycles. The number of hydrogen-bond acceptors (Lipinski definition) is 5. The molecule has 0 radical (unpaired) electrons. The lowest BCUT2D eigenvalue weighted by Crippen LogP contribution is -2.50. The van der Waals surface area contributed by atoms with Gasteiger partial charge in [-0.2, -0.15) is 0 Å². The van der Waals surface area contributed by atoms with Gasteiger partial charge in [-0.25, -0.2) is 0 Å². The first kappa shape index (κ1) is 34.9. The molecular formula is C42H54N2O4Si. The van der Waals surface area contributed by atoms with Crippen LogP contribution in [0.5, 0.6) is 17.2 Å². The first-order valence-corrected chi connectivity index (χ1v) is 20.3. The van der Waals surface area contributed by atoms with Crippen LogP contribution in [-0.4, -0.2) is 44.9 Å². The van der Waals surface area contributed by atoms with Crippen molar-refractivity contribution in [2.24, 2.45) is 0 Å². The molecule has 0 aromatic heterocycles. The smallest absolute Gasteiger partial charge is 0.258 e. The number of piperidine rings is 1. The molecule has 7 heteroatoms. The molecule has 1 N–H and O–H groups in total. The molecule has 1 saturated heterocycles. The third-order valence-corrected chi connectivity index (χ3v) is 16.8. The van der Waals surface area contributed by atoms with Crippen molar-refractivity contribution in [2.75, 3.05) is 25.5 Å². The second-order valence-corrected chi connectivity index (χ2v) is 20.9. The highest BCUT2D eigenvalue weighted by Gasteiger charge is 2.48. The second kappa shape index (κ2) is 13.4. The molecule has 1 amide bonds. The summed E-state index contributed by atoms with van der Waals surface area (Å²) in [5.74, 6) is 2.96. The van der Waals surface area contributed by atoms with E-state index in [1.165, 1.54) is 12.0 Å². The summed E-state index contributed by atoms with van der Waals surface area (Å²) in [4.78, 5) is 15.8. The van der Waals surface area contributed by atoms with Crippen molar-refractivity contribution in [2.45, 2.75) is 104 Å². The van der Waals surface area contributed by atoms with E-state index in [9.17, 15) is 4.79 Å². The molecule has 49 heavy (non-hydrogen) atoms. The van der Waals surface area contributed by atoms with Crippen LogP contribution in [0.4, 0.5) is 5.69 Å². The van der Waals surface area contributed by atoms with Crippen LogP contribution in [0.15, 0.2) is 54.6 Å². The van der Waals surface area contributed by atoms with Crippen LogP contribution in [0.25, 0.3) is 28.5 Å². The average Bonchev–Trinajstić information content (AvgIpc) is 3.06. The van der Waals surface area contributed by atoms with Gasteiger partial charge in [0.1, 0.15) is 17.3 Å². The zero-order chi connectivity index (χ0) is 35.2. The van der Waals surface area contributed by atoms with Gasteiger partial charge in [0, 0.05) is 41.0 Å². The van der Waals surface area contributed by atoms with Crippen molar-refractivity contribution in [3.8, 4) is 28.4 Å². The zero-order valence-corrected chi connectivity index (χ0v) is 32.1. The molecule has 260 valence electrons. The Morgan fingerprint density at radius 2 is 1.57 bits per heavy atom. The van der Waals surface area contributed by atoms with E-state index in [1.54, 1.807) is 7.11 Å². The van der Waals surface area contributed by atoms with Gasteiger partial charge in [0.25, 0.3) is 14.2 Å². The number of anilines is 1. The lowest BCUT2D eigenvalue weighted by atomic mass is 9.82. The molecule has 0 atom stereocenters. The lowest BCUT2D eigenvalue weighted by molar-refractivity contribution is 0.0724. The van der Waals surface area contributed by atoms with Crippen LogP contribution in [0, 0.1) is 0 Å². The Morgan fingerprint density at radius 3 is 2.22 bits per heavy atom. The van der Waals surface area contributed by atoms with Crippen LogP contribution in [0.1, 0.15) is 109 Å². The molecule has 3 aromatic rings. The number of benzene rings is 3. The lowest BCUT2D eigenvalue weighted by Gasteiger charge is -2.42.